The Bertz CT molecular complexity index is 752. The molecule has 1 aliphatic carbocycles. The van der Waals surface area contributed by atoms with Gasteiger partial charge in [0.25, 0.3) is 0 Å². The summed E-state index contributed by atoms with van der Waals surface area (Å²) in [6.45, 7) is 4.28. The lowest BCUT2D eigenvalue weighted by atomic mass is 9.93. The molecule has 0 spiro atoms. The van der Waals surface area contributed by atoms with Crippen molar-refractivity contribution in [2.45, 2.75) is 49.2 Å². The number of pyridine rings is 1. The molecule has 2 aromatic heterocycles. The summed E-state index contributed by atoms with van der Waals surface area (Å²) in [7, 11) is 0. The molecule has 1 amide bonds. The average Bonchev–Trinajstić information content (AvgIpc) is 2.73. The summed E-state index contributed by atoms with van der Waals surface area (Å²) in [5.74, 6) is 0.431. The molecule has 0 saturated heterocycles. The molecule has 0 unspecified atom stereocenters. The van der Waals surface area contributed by atoms with Gasteiger partial charge in [0.2, 0.25) is 11.9 Å². The van der Waals surface area contributed by atoms with Gasteiger partial charge in [0, 0.05) is 6.04 Å². The number of imidazole rings is 1. The SMILES string of the molecule is CC(C)(I)OCCC(=O)Nc1nc2ccc(Cl)nc2n1C1CCC1. The van der Waals surface area contributed by atoms with Crippen LogP contribution >= 0.6 is 34.2 Å². The van der Waals surface area contributed by atoms with Crippen LogP contribution in [-0.4, -0.2) is 30.7 Å². The fraction of sp³-hybridized carbons (Fsp3) is 0.562. The number of hydrogen-bond acceptors (Lipinski definition) is 4. The van der Waals surface area contributed by atoms with E-state index in [4.69, 9.17) is 16.3 Å². The van der Waals surface area contributed by atoms with Crippen molar-refractivity contribution in [3.05, 3.63) is 17.3 Å². The van der Waals surface area contributed by atoms with E-state index in [0.717, 1.165) is 24.0 Å². The van der Waals surface area contributed by atoms with Gasteiger partial charge in [-0.3, -0.25) is 14.7 Å². The van der Waals surface area contributed by atoms with Crippen molar-refractivity contribution in [2.75, 3.05) is 11.9 Å². The molecule has 0 bridgehead atoms. The molecule has 6 nitrogen and oxygen atoms in total. The highest BCUT2D eigenvalue weighted by atomic mass is 127. The number of carbonyl (C=O) groups is 1. The minimum atomic E-state index is -0.280. The summed E-state index contributed by atoms with van der Waals surface area (Å²) in [5.41, 5.74) is 1.47. The van der Waals surface area contributed by atoms with Gasteiger partial charge in [0.1, 0.15) is 14.3 Å². The van der Waals surface area contributed by atoms with E-state index in [0.29, 0.717) is 23.8 Å². The van der Waals surface area contributed by atoms with Crippen LogP contribution in [0, 0.1) is 0 Å². The lowest BCUT2D eigenvalue weighted by Crippen LogP contribution is -2.24. The third-order valence-corrected chi connectivity index (χ3v) is 4.49. The summed E-state index contributed by atoms with van der Waals surface area (Å²) in [5, 5.41) is 3.33. The predicted molar refractivity (Wildman–Crippen MR) is 103 cm³/mol. The van der Waals surface area contributed by atoms with E-state index in [-0.39, 0.29) is 15.9 Å². The van der Waals surface area contributed by atoms with E-state index in [1.807, 2.05) is 24.5 Å². The Hall–Kier alpha value is -0.930. The molecule has 2 aromatic rings. The number of ether oxygens (including phenoxy) is 1. The van der Waals surface area contributed by atoms with Crippen molar-refractivity contribution in [2.24, 2.45) is 0 Å². The highest BCUT2D eigenvalue weighted by Gasteiger charge is 2.26. The summed E-state index contributed by atoms with van der Waals surface area (Å²) in [6.07, 6.45) is 3.59. The molecular weight excluding hydrogens is 443 g/mol. The zero-order valence-corrected chi connectivity index (χ0v) is 16.6. The third kappa shape index (κ3) is 4.18. The molecule has 0 atom stereocenters. The van der Waals surface area contributed by atoms with Crippen molar-refractivity contribution in [3.63, 3.8) is 0 Å². The molecule has 3 rings (SSSR count). The van der Waals surface area contributed by atoms with Crippen molar-refractivity contribution in [1.29, 1.82) is 0 Å². The van der Waals surface area contributed by atoms with Crippen LogP contribution in [0.4, 0.5) is 5.95 Å². The zero-order chi connectivity index (χ0) is 17.3. The topological polar surface area (TPSA) is 69.0 Å². The molecule has 2 heterocycles. The maximum atomic E-state index is 12.2. The van der Waals surface area contributed by atoms with Crippen molar-refractivity contribution < 1.29 is 9.53 Å². The average molecular weight is 463 g/mol. The van der Waals surface area contributed by atoms with Gasteiger partial charge in [-0.05, 0) is 67.8 Å². The van der Waals surface area contributed by atoms with Crippen LogP contribution in [0.3, 0.4) is 0 Å². The molecule has 1 fully saturated rings. The number of hydrogen-bond donors (Lipinski definition) is 1. The first-order valence-electron chi connectivity index (χ1n) is 8.01. The Kier molecular flexibility index (Phi) is 5.31. The normalized spacial score (nSPS) is 15.5. The molecule has 1 saturated carbocycles. The molecule has 8 heteroatoms. The van der Waals surface area contributed by atoms with Gasteiger partial charge in [-0.25, -0.2) is 9.97 Å². The Morgan fingerprint density at radius 2 is 2.21 bits per heavy atom. The second-order valence-electron chi connectivity index (χ2n) is 6.38. The first-order chi connectivity index (χ1) is 11.3. The Balaban J connectivity index is 1.77. The number of carbonyl (C=O) groups excluding carboxylic acids is 1. The van der Waals surface area contributed by atoms with Crippen LogP contribution in [-0.2, 0) is 9.53 Å². The van der Waals surface area contributed by atoms with Gasteiger partial charge >= 0.3 is 0 Å². The summed E-state index contributed by atoms with van der Waals surface area (Å²) < 4.78 is 7.32. The van der Waals surface area contributed by atoms with Gasteiger partial charge in [-0.15, -0.1) is 0 Å². The number of nitrogens with zero attached hydrogens (tertiary/aromatic N) is 3. The fourth-order valence-electron chi connectivity index (χ4n) is 2.60. The van der Waals surface area contributed by atoms with E-state index in [1.54, 1.807) is 6.07 Å². The van der Waals surface area contributed by atoms with Crippen molar-refractivity contribution >= 4 is 57.2 Å². The lowest BCUT2D eigenvalue weighted by molar-refractivity contribution is -0.117. The van der Waals surface area contributed by atoms with Gasteiger partial charge in [-0.2, -0.15) is 0 Å². The van der Waals surface area contributed by atoms with Crippen LogP contribution in [0.1, 0.15) is 45.6 Å². The Morgan fingerprint density at radius 3 is 2.83 bits per heavy atom. The highest BCUT2D eigenvalue weighted by Crippen LogP contribution is 2.36. The molecule has 24 heavy (non-hydrogen) atoms. The second-order valence-corrected chi connectivity index (χ2v) is 9.36. The number of anilines is 1. The third-order valence-electron chi connectivity index (χ3n) is 3.97. The smallest absolute Gasteiger partial charge is 0.229 e. The fourth-order valence-corrected chi connectivity index (χ4v) is 2.97. The Labute approximate surface area is 159 Å². The molecule has 130 valence electrons. The number of nitrogens with one attached hydrogen (secondary N) is 1. The van der Waals surface area contributed by atoms with Gasteiger partial charge in [-0.1, -0.05) is 11.6 Å². The lowest BCUT2D eigenvalue weighted by Gasteiger charge is -2.28. The van der Waals surface area contributed by atoms with Crippen LogP contribution in [0.15, 0.2) is 12.1 Å². The first kappa shape index (κ1) is 17.9. The number of halogens is 2. The van der Waals surface area contributed by atoms with E-state index in [1.165, 1.54) is 6.42 Å². The second kappa shape index (κ2) is 7.13. The number of aromatic nitrogens is 3. The van der Waals surface area contributed by atoms with E-state index in [9.17, 15) is 4.79 Å². The van der Waals surface area contributed by atoms with E-state index >= 15 is 0 Å². The maximum absolute atomic E-state index is 12.2. The number of amides is 1. The summed E-state index contributed by atoms with van der Waals surface area (Å²) >= 11 is 8.22. The highest BCUT2D eigenvalue weighted by molar-refractivity contribution is 14.1. The van der Waals surface area contributed by atoms with Gasteiger partial charge < -0.3 is 4.74 Å². The number of alkyl halides is 1. The number of rotatable bonds is 6. The van der Waals surface area contributed by atoms with Crippen LogP contribution in [0.5, 0.6) is 0 Å². The molecule has 0 aliphatic heterocycles. The van der Waals surface area contributed by atoms with Crippen LogP contribution in [0.2, 0.25) is 5.15 Å². The summed E-state index contributed by atoms with van der Waals surface area (Å²) in [4.78, 5) is 21.1. The van der Waals surface area contributed by atoms with Crippen LogP contribution in [0.25, 0.3) is 11.2 Å². The monoisotopic (exact) mass is 462 g/mol. The predicted octanol–water partition coefficient (Wildman–Crippen LogP) is 4.33. The number of fused-ring (bicyclic) bond motifs is 1. The van der Waals surface area contributed by atoms with Gasteiger partial charge in [0.05, 0.1) is 13.0 Å². The summed E-state index contributed by atoms with van der Waals surface area (Å²) in [6, 6.07) is 3.86. The van der Waals surface area contributed by atoms with Crippen molar-refractivity contribution in [3.8, 4) is 0 Å². The minimum Gasteiger partial charge on any atom is -0.365 e. The molecule has 0 radical (unpaired) electrons. The van der Waals surface area contributed by atoms with Crippen molar-refractivity contribution in [1.82, 2.24) is 14.5 Å². The van der Waals surface area contributed by atoms with Gasteiger partial charge in [0.15, 0.2) is 5.65 Å². The zero-order valence-electron chi connectivity index (χ0n) is 13.7. The maximum Gasteiger partial charge on any atom is 0.229 e. The molecule has 1 aliphatic rings. The molecule has 0 aromatic carbocycles. The molecule has 1 N–H and O–H groups in total. The Morgan fingerprint density at radius 1 is 1.46 bits per heavy atom. The van der Waals surface area contributed by atoms with Crippen LogP contribution < -0.4 is 5.32 Å². The first-order valence-corrected chi connectivity index (χ1v) is 9.46. The minimum absolute atomic E-state index is 0.113. The van der Waals surface area contributed by atoms with E-state index < -0.39 is 0 Å². The largest absolute Gasteiger partial charge is 0.365 e. The molecular formula is C16H20ClIN4O2. The quantitative estimate of drug-likeness (QED) is 0.394. The van der Waals surface area contributed by atoms with E-state index in [2.05, 4.69) is 37.9 Å². The standard InChI is InChI=1S/C16H20ClIN4O2/c1-16(2,18)24-9-8-13(23)21-15-19-11-6-7-12(17)20-14(11)22(15)10-4-3-5-10/h6-7,10H,3-5,8-9H2,1-2H3,(H,19,21,23).